The highest BCUT2D eigenvalue weighted by atomic mass is 16.4. The van der Waals surface area contributed by atoms with E-state index in [1.54, 1.807) is 0 Å². The number of fused-ring (bicyclic) bond motifs is 1. The van der Waals surface area contributed by atoms with Crippen LogP contribution >= 0.6 is 0 Å². The summed E-state index contributed by atoms with van der Waals surface area (Å²) in [4.78, 5) is 24.0. The van der Waals surface area contributed by atoms with E-state index in [2.05, 4.69) is 11.4 Å². The molecule has 0 radical (unpaired) electrons. The SMILES string of the molecule is Cc1cccc2c1N(CC(=O)NCC(=O)O)CC2. The quantitative estimate of drug-likeness (QED) is 0.816. The molecule has 96 valence electrons. The minimum atomic E-state index is -1.03. The maximum absolute atomic E-state index is 11.6. The number of carbonyl (C=O) groups is 2. The van der Waals surface area contributed by atoms with E-state index in [1.807, 2.05) is 24.0 Å². The molecule has 1 aromatic carbocycles. The molecule has 1 heterocycles. The summed E-state index contributed by atoms with van der Waals surface area (Å²) in [6, 6.07) is 6.10. The molecule has 2 N–H and O–H groups in total. The first-order valence-electron chi connectivity index (χ1n) is 5.90. The molecular formula is C13H16N2O3. The van der Waals surface area contributed by atoms with Crippen LogP contribution in [0.15, 0.2) is 18.2 Å². The zero-order valence-corrected chi connectivity index (χ0v) is 10.3. The van der Waals surface area contributed by atoms with Crippen LogP contribution in [0.25, 0.3) is 0 Å². The molecule has 0 saturated carbocycles. The van der Waals surface area contributed by atoms with Crippen molar-refractivity contribution >= 4 is 17.6 Å². The number of para-hydroxylation sites is 1. The summed E-state index contributed by atoms with van der Waals surface area (Å²) >= 11 is 0. The molecule has 0 spiro atoms. The smallest absolute Gasteiger partial charge is 0.322 e. The average Bonchev–Trinajstić information content (AvgIpc) is 2.71. The van der Waals surface area contributed by atoms with Gasteiger partial charge in [0.25, 0.3) is 0 Å². The molecule has 1 aliphatic heterocycles. The second kappa shape index (κ2) is 5.08. The molecule has 2 rings (SSSR count). The Labute approximate surface area is 105 Å². The van der Waals surface area contributed by atoms with E-state index >= 15 is 0 Å². The van der Waals surface area contributed by atoms with Crippen LogP contribution in [-0.2, 0) is 16.0 Å². The molecule has 18 heavy (non-hydrogen) atoms. The van der Waals surface area contributed by atoms with E-state index in [4.69, 9.17) is 5.11 Å². The molecule has 1 aliphatic rings. The molecule has 0 unspecified atom stereocenters. The van der Waals surface area contributed by atoms with Gasteiger partial charge in [0.1, 0.15) is 6.54 Å². The van der Waals surface area contributed by atoms with Gasteiger partial charge in [0.2, 0.25) is 5.91 Å². The predicted molar refractivity (Wildman–Crippen MR) is 67.7 cm³/mol. The zero-order chi connectivity index (χ0) is 13.1. The lowest BCUT2D eigenvalue weighted by Gasteiger charge is -2.20. The highest BCUT2D eigenvalue weighted by molar-refractivity contribution is 5.85. The highest BCUT2D eigenvalue weighted by Crippen LogP contribution is 2.30. The number of benzene rings is 1. The van der Waals surface area contributed by atoms with Crippen LogP contribution in [-0.4, -0.2) is 36.6 Å². The van der Waals surface area contributed by atoms with Crippen molar-refractivity contribution in [2.75, 3.05) is 24.5 Å². The van der Waals surface area contributed by atoms with Gasteiger partial charge in [0, 0.05) is 12.2 Å². The molecule has 5 heteroatoms. The number of rotatable bonds is 4. The van der Waals surface area contributed by atoms with Gasteiger partial charge in [-0.25, -0.2) is 0 Å². The molecular weight excluding hydrogens is 232 g/mol. The van der Waals surface area contributed by atoms with Crippen molar-refractivity contribution in [2.45, 2.75) is 13.3 Å². The van der Waals surface area contributed by atoms with Gasteiger partial charge in [-0.1, -0.05) is 18.2 Å². The van der Waals surface area contributed by atoms with Gasteiger partial charge in [-0.05, 0) is 24.5 Å². The Hall–Kier alpha value is -2.04. The summed E-state index contributed by atoms with van der Waals surface area (Å²) in [6.45, 7) is 2.71. The van der Waals surface area contributed by atoms with Gasteiger partial charge in [-0.2, -0.15) is 0 Å². The minimum Gasteiger partial charge on any atom is -0.480 e. The summed E-state index contributed by atoms with van der Waals surface area (Å²) in [5.74, 6) is -1.28. The van der Waals surface area contributed by atoms with Crippen molar-refractivity contribution < 1.29 is 14.7 Å². The normalized spacial score (nSPS) is 13.3. The number of carboxylic acid groups (broad SMARTS) is 1. The summed E-state index contributed by atoms with van der Waals surface area (Å²) in [5, 5.41) is 10.9. The van der Waals surface area contributed by atoms with Crippen molar-refractivity contribution in [3.8, 4) is 0 Å². The van der Waals surface area contributed by atoms with Crippen molar-refractivity contribution in [1.82, 2.24) is 5.32 Å². The topological polar surface area (TPSA) is 69.6 Å². The third kappa shape index (κ3) is 2.61. The molecule has 0 saturated heterocycles. The van der Waals surface area contributed by atoms with Crippen molar-refractivity contribution in [2.24, 2.45) is 0 Å². The van der Waals surface area contributed by atoms with Gasteiger partial charge in [0.15, 0.2) is 0 Å². The number of carboxylic acids is 1. The number of aryl methyl sites for hydroxylation is 1. The fraction of sp³-hybridized carbons (Fsp3) is 0.385. The summed E-state index contributed by atoms with van der Waals surface area (Å²) in [5.41, 5.74) is 3.51. The maximum atomic E-state index is 11.6. The summed E-state index contributed by atoms with van der Waals surface area (Å²) in [6.07, 6.45) is 0.934. The van der Waals surface area contributed by atoms with Crippen LogP contribution in [0.2, 0.25) is 0 Å². The third-order valence-electron chi connectivity index (χ3n) is 3.06. The molecule has 0 fully saturated rings. The number of amides is 1. The first-order valence-corrected chi connectivity index (χ1v) is 5.90. The van der Waals surface area contributed by atoms with Gasteiger partial charge in [0.05, 0.1) is 6.54 Å². The molecule has 0 bridgehead atoms. The maximum Gasteiger partial charge on any atom is 0.322 e. The van der Waals surface area contributed by atoms with Gasteiger partial charge >= 0.3 is 5.97 Å². The lowest BCUT2D eigenvalue weighted by molar-refractivity contribution is -0.137. The molecule has 0 atom stereocenters. The third-order valence-corrected chi connectivity index (χ3v) is 3.06. The molecule has 5 nitrogen and oxygen atoms in total. The van der Waals surface area contributed by atoms with E-state index < -0.39 is 5.97 Å². The van der Waals surface area contributed by atoms with Gasteiger partial charge in [-0.3, -0.25) is 9.59 Å². The predicted octanol–water partition coefficient (Wildman–Crippen LogP) is 0.558. The fourth-order valence-corrected chi connectivity index (χ4v) is 2.30. The van der Waals surface area contributed by atoms with E-state index in [-0.39, 0.29) is 19.0 Å². The molecule has 1 aromatic rings. The Morgan fingerprint density at radius 1 is 1.44 bits per heavy atom. The Bertz CT molecular complexity index is 485. The summed E-state index contributed by atoms with van der Waals surface area (Å²) in [7, 11) is 0. The van der Waals surface area contributed by atoms with E-state index in [9.17, 15) is 9.59 Å². The molecule has 0 aliphatic carbocycles. The second-order valence-corrected chi connectivity index (χ2v) is 4.42. The number of hydrogen-bond donors (Lipinski definition) is 2. The fourth-order valence-electron chi connectivity index (χ4n) is 2.30. The van der Waals surface area contributed by atoms with Crippen LogP contribution in [0, 0.1) is 6.92 Å². The van der Waals surface area contributed by atoms with Crippen LogP contribution < -0.4 is 10.2 Å². The second-order valence-electron chi connectivity index (χ2n) is 4.42. The Morgan fingerprint density at radius 3 is 2.94 bits per heavy atom. The van der Waals surface area contributed by atoms with Gasteiger partial charge < -0.3 is 15.3 Å². The number of carbonyl (C=O) groups excluding carboxylic acids is 1. The van der Waals surface area contributed by atoms with E-state index in [0.717, 1.165) is 24.2 Å². The highest BCUT2D eigenvalue weighted by Gasteiger charge is 2.22. The largest absolute Gasteiger partial charge is 0.480 e. The minimum absolute atomic E-state index is 0.213. The lowest BCUT2D eigenvalue weighted by atomic mass is 10.1. The van der Waals surface area contributed by atoms with E-state index in [0.29, 0.717) is 0 Å². The number of nitrogens with one attached hydrogen (secondary N) is 1. The van der Waals surface area contributed by atoms with Crippen LogP contribution in [0.4, 0.5) is 5.69 Å². The molecule has 1 amide bonds. The molecule has 0 aromatic heterocycles. The first-order chi connectivity index (χ1) is 8.58. The number of aliphatic carboxylic acids is 1. The summed E-state index contributed by atoms with van der Waals surface area (Å²) < 4.78 is 0. The van der Waals surface area contributed by atoms with Crippen LogP contribution in [0.3, 0.4) is 0 Å². The lowest BCUT2D eigenvalue weighted by Crippen LogP contribution is -2.38. The van der Waals surface area contributed by atoms with Crippen molar-refractivity contribution in [3.63, 3.8) is 0 Å². The monoisotopic (exact) mass is 248 g/mol. The van der Waals surface area contributed by atoms with E-state index in [1.165, 1.54) is 5.56 Å². The Kier molecular flexibility index (Phi) is 3.50. The Balaban J connectivity index is 2.01. The van der Waals surface area contributed by atoms with Gasteiger partial charge in [-0.15, -0.1) is 0 Å². The Morgan fingerprint density at radius 2 is 2.22 bits per heavy atom. The zero-order valence-electron chi connectivity index (χ0n) is 10.3. The number of hydrogen-bond acceptors (Lipinski definition) is 3. The van der Waals surface area contributed by atoms with Crippen LogP contribution in [0.5, 0.6) is 0 Å². The number of anilines is 1. The first kappa shape index (κ1) is 12.4. The van der Waals surface area contributed by atoms with Crippen molar-refractivity contribution in [3.05, 3.63) is 29.3 Å². The van der Waals surface area contributed by atoms with Crippen molar-refractivity contribution in [1.29, 1.82) is 0 Å². The standard InChI is InChI=1S/C13H16N2O3/c1-9-3-2-4-10-5-6-15(13(9)10)8-11(16)14-7-12(17)18/h2-4H,5-8H2,1H3,(H,14,16)(H,17,18). The average molecular weight is 248 g/mol. The number of nitrogens with zero attached hydrogens (tertiary/aromatic N) is 1. The van der Waals surface area contributed by atoms with Crippen LogP contribution in [0.1, 0.15) is 11.1 Å².